The fourth-order valence-electron chi connectivity index (χ4n) is 2.22. The van der Waals surface area contributed by atoms with Crippen LogP contribution in [0.1, 0.15) is 22.8 Å². The number of hydrogen-bond donors (Lipinski definition) is 0. The predicted octanol–water partition coefficient (Wildman–Crippen LogP) is 2.48. The van der Waals surface area contributed by atoms with Crippen molar-refractivity contribution in [3.63, 3.8) is 0 Å². The van der Waals surface area contributed by atoms with Gasteiger partial charge in [0.1, 0.15) is 0 Å². The molecule has 0 spiro atoms. The standard InChI is InChI=1S/C14H17F3N2O/c1-10-9-19(8-7-18(10)2)13(20)11-3-5-12(6-4-11)14(15,16)17/h3-6,10H,7-9H2,1-2H3. The average Bonchev–Trinajstić information content (AvgIpc) is 2.40. The van der Waals surface area contributed by atoms with E-state index in [1.807, 2.05) is 14.0 Å². The Bertz CT molecular complexity index is 484. The van der Waals surface area contributed by atoms with Gasteiger partial charge in [-0.2, -0.15) is 13.2 Å². The second-order valence-electron chi connectivity index (χ2n) is 5.16. The number of likely N-dealkylation sites (N-methyl/N-ethyl adjacent to an activating group) is 1. The van der Waals surface area contributed by atoms with Crippen LogP contribution in [0.5, 0.6) is 0 Å². The molecule has 2 rings (SSSR count). The van der Waals surface area contributed by atoms with Crippen molar-refractivity contribution in [3.8, 4) is 0 Å². The van der Waals surface area contributed by atoms with Crippen molar-refractivity contribution >= 4 is 5.91 Å². The zero-order valence-corrected chi connectivity index (χ0v) is 11.4. The molecule has 1 atom stereocenters. The summed E-state index contributed by atoms with van der Waals surface area (Å²) in [6, 6.07) is 4.64. The minimum absolute atomic E-state index is 0.210. The van der Waals surface area contributed by atoms with Gasteiger partial charge < -0.3 is 9.80 Å². The molecule has 0 N–H and O–H groups in total. The SMILES string of the molecule is CC1CN(C(=O)c2ccc(C(F)(F)F)cc2)CCN1C. The fourth-order valence-corrected chi connectivity index (χ4v) is 2.22. The molecule has 1 aliphatic rings. The molecule has 20 heavy (non-hydrogen) atoms. The molecule has 110 valence electrons. The Labute approximate surface area is 116 Å². The van der Waals surface area contributed by atoms with Gasteiger partial charge in [-0.1, -0.05) is 0 Å². The summed E-state index contributed by atoms with van der Waals surface area (Å²) < 4.78 is 37.4. The summed E-state index contributed by atoms with van der Waals surface area (Å²) in [6.07, 6.45) is -4.37. The largest absolute Gasteiger partial charge is 0.416 e. The van der Waals surface area contributed by atoms with Crippen molar-refractivity contribution in [1.29, 1.82) is 0 Å². The number of amides is 1. The monoisotopic (exact) mass is 286 g/mol. The minimum atomic E-state index is -4.37. The van der Waals surface area contributed by atoms with Gasteiger partial charge in [0, 0.05) is 31.2 Å². The number of benzene rings is 1. The van der Waals surface area contributed by atoms with E-state index < -0.39 is 11.7 Å². The maximum Gasteiger partial charge on any atom is 0.416 e. The van der Waals surface area contributed by atoms with Crippen molar-refractivity contribution in [2.75, 3.05) is 26.7 Å². The van der Waals surface area contributed by atoms with E-state index in [0.29, 0.717) is 18.7 Å². The van der Waals surface area contributed by atoms with Crippen LogP contribution < -0.4 is 0 Å². The van der Waals surface area contributed by atoms with Gasteiger partial charge in [0.15, 0.2) is 0 Å². The number of piperazine rings is 1. The summed E-state index contributed by atoms with van der Waals surface area (Å²) >= 11 is 0. The number of rotatable bonds is 1. The summed E-state index contributed by atoms with van der Waals surface area (Å²) in [4.78, 5) is 16.1. The second kappa shape index (κ2) is 5.44. The van der Waals surface area contributed by atoms with Gasteiger partial charge in [0.25, 0.3) is 5.91 Å². The lowest BCUT2D eigenvalue weighted by Gasteiger charge is -2.37. The lowest BCUT2D eigenvalue weighted by molar-refractivity contribution is -0.137. The van der Waals surface area contributed by atoms with Crippen LogP contribution in [0.3, 0.4) is 0 Å². The van der Waals surface area contributed by atoms with Gasteiger partial charge >= 0.3 is 6.18 Å². The maximum atomic E-state index is 12.5. The summed E-state index contributed by atoms with van der Waals surface area (Å²) in [5.74, 6) is -0.210. The van der Waals surface area contributed by atoms with Crippen molar-refractivity contribution in [2.45, 2.75) is 19.1 Å². The highest BCUT2D eigenvalue weighted by Crippen LogP contribution is 2.29. The zero-order chi connectivity index (χ0) is 14.9. The molecule has 3 nitrogen and oxygen atoms in total. The molecule has 1 unspecified atom stereocenters. The number of carbonyl (C=O) groups is 1. The molecule has 6 heteroatoms. The van der Waals surface area contributed by atoms with Gasteiger partial charge in [-0.3, -0.25) is 4.79 Å². The molecule has 0 saturated carbocycles. The molecule has 1 aromatic rings. The molecule has 1 aromatic carbocycles. The predicted molar refractivity (Wildman–Crippen MR) is 69.4 cm³/mol. The normalized spacial score (nSPS) is 21.1. The Balaban J connectivity index is 2.10. The highest BCUT2D eigenvalue weighted by Gasteiger charge is 2.31. The van der Waals surface area contributed by atoms with Crippen LogP contribution in [0.4, 0.5) is 13.2 Å². The summed E-state index contributed by atoms with van der Waals surface area (Å²) in [5, 5.41) is 0. The van der Waals surface area contributed by atoms with Gasteiger partial charge in [-0.25, -0.2) is 0 Å². The first-order valence-corrected chi connectivity index (χ1v) is 6.46. The summed E-state index contributed by atoms with van der Waals surface area (Å²) in [5.41, 5.74) is -0.435. The van der Waals surface area contributed by atoms with Crippen LogP contribution in [0.25, 0.3) is 0 Å². The van der Waals surface area contributed by atoms with Crippen molar-refractivity contribution in [2.24, 2.45) is 0 Å². The molecular formula is C14H17F3N2O. The number of carbonyl (C=O) groups excluding carboxylic acids is 1. The van der Waals surface area contributed by atoms with E-state index in [1.54, 1.807) is 4.90 Å². The van der Waals surface area contributed by atoms with Gasteiger partial charge in [0.2, 0.25) is 0 Å². The first-order valence-electron chi connectivity index (χ1n) is 6.46. The molecule has 1 aliphatic heterocycles. The van der Waals surface area contributed by atoms with Crippen LogP contribution in [0.15, 0.2) is 24.3 Å². The van der Waals surface area contributed by atoms with Crippen molar-refractivity contribution in [3.05, 3.63) is 35.4 Å². The minimum Gasteiger partial charge on any atom is -0.336 e. The van der Waals surface area contributed by atoms with E-state index in [1.165, 1.54) is 12.1 Å². The second-order valence-corrected chi connectivity index (χ2v) is 5.16. The zero-order valence-electron chi connectivity index (χ0n) is 11.4. The number of hydrogen-bond acceptors (Lipinski definition) is 2. The van der Waals surface area contributed by atoms with Gasteiger partial charge in [0.05, 0.1) is 5.56 Å². The van der Waals surface area contributed by atoms with E-state index >= 15 is 0 Å². The number of halogens is 3. The van der Waals surface area contributed by atoms with Crippen LogP contribution in [-0.2, 0) is 6.18 Å². The van der Waals surface area contributed by atoms with Crippen LogP contribution in [0, 0.1) is 0 Å². The molecule has 0 radical (unpaired) electrons. The highest BCUT2D eigenvalue weighted by molar-refractivity contribution is 5.94. The topological polar surface area (TPSA) is 23.6 Å². The third-order valence-corrected chi connectivity index (χ3v) is 3.71. The van der Waals surface area contributed by atoms with E-state index in [4.69, 9.17) is 0 Å². The lowest BCUT2D eigenvalue weighted by atomic mass is 10.1. The third-order valence-electron chi connectivity index (χ3n) is 3.71. The molecule has 0 bridgehead atoms. The fraction of sp³-hybridized carbons (Fsp3) is 0.500. The van der Waals surface area contributed by atoms with Crippen molar-refractivity contribution < 1.29 is 18.0 Å². The molecule has 1 heterocycles. The molecule has 0 aliphatic carbocycles. The molecule has 1 saturated heterocycles. The maximum absolute atomic E-state index is 12.5. The van der Waals surface area contributed by atoms with Crippen LogP contribution >= 0.6 is 0 Å². The van der Waals surface area contributed by atoms with Crippen LogP contribution in [0.2, 0.25) is 0 Å². The molecule has 1 fully saturated rings. The lowest BCUT2D eigenvalue weighted by Crippen LogP contribution is -2.52. The Kier molecular flexibility index (Phi) is 4.04. The third kappa shape index (κ3) is 3.12. The van der Waals surface area contributed by atoms with E-state index in [-0.39, 0.29) is 11.9 Å². The van der Waals surface area contributed by atoms with Gasteiger partial charge in [-0.05, 0) is 38.2 Å². The Morgan fingerprint density at radius 2 is 1.80 bits per heavy atom. The van der Waals surface area contributed by atoms with E-state index in [0.717, 1.165) is 18.7 Å². The average molecular weight is 286 g/mol. The number of alkyl halides is 3. The van der Waals surface area contributed by atoms with Crippen LogP contribution in [-0.4, -0.2) is 48.4 Å². The van der Waals surface area contributed by atoms with Gasteiger partial charge in [-0.15, -0.1) is 0 Å². The molecule has 0 aromatic heterocycles. The first kappa shape index (κ1) is 14.8. The van der Waals surface area contributed by atoms with E-state index in [9.17, 15) is 18.0 Å². The Hall–Kier alpha value is -1.56. The molecular weight excluding hydrogens is 269 g/mol. The molecule has 1 amide bonds. The Morgan fingerprint density at radius 1 is 1.20 bits per heavy atom. The number of nitrogens with zero attached hydrogens (tertiary/aromatic N) is 2. The summed E-state index contributed by atoms with van der Waals surface area (Å²) in [7, 11) is 1.99. The highest BCUT2D eigenvalue weighted by atomic mass is 19.4. The smallest absolute Gasteiger partial charge is 0.336 e. The quantitative estimate of drug-likeness (QED) is 0.792. The van der Waals surface area contributed by atoms with E-state index in [2.05, 4.69) is 4.90 Å². The Morgan fingerprint density at radius 3 is 2.30 bits per heavy atom. The van der Waals surface area contributed by atoms with Crippen molar-refractivity contribution in [1.82, 2.24) is 9.80 Å². The first-order chi connectivity index (χ1) is 9.29. The summed E-state index contributed by atoms with van der Waals surface area (Å²) in [6.45, 7) is 3.98.